The summed E-state index contributed by atoms with van der Waals surface area (Å²) in [5.74, 6) is -0.595. The summed E-state index contributed by atoms with van der Waals surface area (Å²) >= 11 is 6.11. The van der Waals surface area contributed by atoms with Crippen molar-refractivity contribution < 1.29 is 9.59 Å². The van der Waals surface area contributed by atoms with Gasteiger partial charge in [0.2, 0.25) is 0 Å². The van der Waals surface area contributed by atoms with Crippen LogP contribution >= 0.6 is 11.6 Å². The van der Waals surface area contributed by atoms with E-state index in [1.165, 1.54) is 4.90 Å². The molecule has 0 bridgehead atoms. The molecular weight excluding hydrogens is 368 g/mol. The lowest BCUT2D eigenvalue weighted by molar-refractivity contribution is 0.0827. The van der Waals surface area contributed by atoms with Gasteiger partial charge in [-0.2, -0.15) is 0 Å². The molecule has 27 heavy (non-hydrogen) atoms. The monoisotopic (exact) mass is 390 g/mol. The van der Waals surface area contributed by atoms with Crippen LogP contribution in [-0.2, 0) is 0 Å². The number of rotatable bonds is 4. The van der Waals surface area contributed by atoms with Crippen LogP contribution in [0.4, 0.5) is 5.69 Å². The van der Waals surface area contributed by atoms with Gasteiger partial charge < -0.3 is 15.5 Å². The van der Waals surface area contributed by atoms with Crippen LogP contribution in [-0.4, -0.2) is 58.9 Å². The van der Waals surface area contributed by atoms with Crippen molar-refractivity contribution in [1.29, 1.82) is 0 Å². The standard InChI is InChI=1S/C18H23ClN6O2/c1-11-16(22-23-25(11)13-6-8-20-9-7-13)17(26)21-12-4-5-15(19)14(10-12)18(27)24(2)3/h4-5,10,13,20H,6-9H2,1-3H3,(H,21,26). The first-order chi connectivity index (χ1) is 12.9. The Hall–Kier alpha value is -2.45. The topological polar surface area (TPSA) is 92.2 Å². The Morgan fingerprint density at radius 3 is 2.67 bits per heavy atom. The predicted molar refractivity (Wildman–Crippen MR) is 103 cm³/mol. The zero-order valence-corrected chi connectivity index (χ0v) is 16.4. The second kappa shape index (κ2) is 8.06. The Balaban J connectivity index is 1.79. The molecule has 1 aromatic carbocycles. The highest BCUT2D eigenvalue weighted by atomic mass is 35.5. The largest absolute Gasteiger partial charge is 0.345 e. The van der Waals surface area contributed by atoms with E-state index in [4.69, 9.17) is 11.6 Å². The molecular formula is C18H23ClN6O2. The fourth-order valence-electron chi connectivity index (χ4n) is 3.15. The van der Waals surface area contributed by atoms with E-state index >= 15 is 0 Å². The maximum atomic E-state index is 12.7. The molecule has 0 atom stereocenters. The zero-order chi connectivity index (χ0) is 19.6. The van der Waals surface area contributed by atoms with Gasteiger partial charge in [-0.3, -0.25) is 9.59 Å². The van der Waals surface area contributed by atoms with Crippen molar-refractivity contribution in [2.75, 3.05) is 32.5 Å². The van der Waals surface area contributed by atoms with Gasteiger partial charge in [-0.05, 0) is 51.1 Å². The number of anilines is 1. The van der Waals surface area contributed by atoms with Crippen LogP contribution in [0.1, 0.15) is 45.4 Å². The lowest BCUT2D eigenvalue weighted by Gasteiger charge is -2.23. The van der Waals surface area contributed by atoms with E-state index in [1.54, 1.807) is 32.3 Å². The van der Waals surface area contributed by atoms with Crippen molar-refractivity contribution in [3.05, 3.63) is 40.2 Å². The minimum absolute atomic E-state index is 0.232. The van der Waals surface area contributed by atoms with Crippen molar-refractivity contribution in [3.8, 4) is 0 Å². The number of amides is 2. The third-order valence-corrected chi connectivity index (χ3v) is 4.99. The molecule has 2 heterocycles. The van der Waals surface area contributed by atoms with E-state index in [9.17, 15) is 9.59 Å². The minimum Gasteiger partial charge on any atom is -0.345 e. The average molecular weight is 391 g/mol. The number of benzene rings is 1. The SMILES string of the molecule is Cc1c(C(=O)Nc2ccc(Cl)c(C(=O)N(C)C)c2)nnn1C1CCNCC1. The van der Waals surface area contributed by atoms with Gasteiger partial charge in [-0.1, -0.05) is 16.8 Å². The van der Waals surface area contributed by atoms with Crippen molar-refractivity contribution >= 4 is 29.1 Å². The Morgan fingerprint density at radius 2 is 2.00 bits per heavy atom. The molecule has 0 radical (unpaired) electrons. The molecule has 0 saturated carbocycles. The van der Waals surface area contributed by atoms with Gasteiger partial charge in [0.1, 0.15) is 0 Å². The van der Waals surface area contributed by atoms with E-state index in [0.717, 1.165) is 31.6 Å². The number of carbonyl (C=O) groups excluding carboxylic acids is 2. The maximum Gasteiger partial charge on any atom is 0.278 e. The summed E-state index contributed by atoms with van der Waals surface area (Å²) in [5.41, 5.74) is 1.82. The number of nitrogens with one attached hydrogen (secondary N) is 2. The molecule has 3 rings (SSSR count). The van der Waals surface area contributed by atoms with E-state index in [2.05, 4.69) is 20.9 Å². The number of hydrogen-bond donors (Lipinski definition) is 2. The Kier molecular flexibility index (Phi) is 5.76. The average Bonchev–Trinajstić information content (AvgIpc) is 3.05. The molecule has 0 aliphatic carbocycles. The van der Waals surface area contributed by atoms with Crippen LogP contribution in [0.3, 0.4) is 0 Å². The fourth-order valence-corrected chi connectivity index (χ4v) is 3.35. The normalized spacial score (nSPS) is 14.8. The van der Waals surface area contributed by atoms with Gasteiger partial charge >= 0.3 is 0 Å². The maximum absolute atomic E-state index is 12.7. The summed E-state index contributed by atoms with van der Waals surface area (Å²) in [6.45, 7) is 3.71. The predicted octanol–water partition coefficient (Wildman–Crippen LogP) is 2.12. The molecule has 8 nitrogen and oxygen atoms in total. The van der Waals surface area contributed by atoms with Crippen molar-refractivity contribution in [3.63, 3.8) is 0 Å². The first-order valence-corrected chi connectivity index (χ1v) is 9.21. The highest BCUT2D eigenvalue weighted by Gasteiger charge is 2.23. The highest BCUT2D eigenvalue weighted by Crippen LogP contribution is 2.23. The summed E-state index contributed by atoms with van der Waals surface area (Å²) in [4.78, 5) is 26.3. The second-order valence-corrected chi connectivity index (χ2v) is 7.20. The Labute approximate surface area is 162 Å². The molecule has 2 N–H and O–H groups in total. The van der Waals surface area contributed by atoms with E-state index in [-0.39, 0.29) is 23.6 Å². The molecule has 1 aromatic heterocycles. The number of hydrogen-bond acceptors (Lipinski definition) is 5. The lowest BCUT2D eigenvalue weighted by atomic mass is 10.1. The van der Waals surface area contributed by atoms with Gasteiger partial charge in [-0.25, -0.2) is 4.68 Å². The van der Waals surface area contributed by atoms with Crippen LogP contribution in [0.5, 0.6) is 0 Å². The van der Waals surface area contributed by atoms with Gasteiger partial charge in [0.25, 0.3) is 11.8 Å². The number of piperidine rings is 1. The Morgan fingerprint density at radius 1 is 1.30 bits per heavy atom. The molecule has 1 aliphatic rings. The first kappa shape index (κ1) is 19.3. The van der Waals surface area contributed by atoms with Crippen molar-refractivity contribution in [2.24, 2.45) is 0 Å². The summed E-state index contributed by atoms with van der Waals surface area (Å²) in [6.07, 6.45) is 1.91. The first-order valence-electron chi connectivity index (χ1n) is 8.83. The highest BCUT2D eigenvalue weighted by molar-refractivity contribution is 6.34. The van der Waals surface area contributed by atoms with E-state index in [1.807, 2.05) is 11.6 Å². The third-order valence-electron chi connectivity index (χ3n) is 4.66. The number of aromatic nitrogens is 3. The summed E-state index contributed by atoms with van der Waals surface area (Å²) in [5, 5.41) is 14.7. The van der Waals surface area contributed by atoms with Crippen molar-refractivity contribution in [2.45, 2.75) is 25.8 Å². The fraction of sp³-hybridized carbons (Fsp3) is 0.444. The number of nitrogens with zero attached hydrogens (tertiary/aromatic N) is 4. The van der Waals surface area contributed by atoms with E-state index < -0.39 is 0 Å². The van der Waals surface area contributed by atoms with Gasteiger partial charge in [0.05, 0.1) is 22.3 Å². The summed E-state index contributed by atoms with van der Waals surface area (Å²) in [6, 6.07) is 5.06. The molecule has 0 spiro atoms. The lowest BCUT2D eigenvalue weighted by Crippen LogP contribution is -2.30. The number of halogens is 1. The smallest absolute Gasteiger partial charge is 0.278 e. The van der Waals surface area contributed by atoms with Gasteiger partial charge in [0.15, 0.2) is 5.69 Å². The molecule has 144 valence electrons. The molecule has 1 fully saturated rings. The molecule has 1 saturated heterocycles. The summed E-state index contributed by atoms with van der Waals surface area (Å²) < 4.78 is 1.83. The van der Waals surface area contributed by atoms with Gasteiger partial charge in [0, 0.05) is 19.8 Å². The number of carbonyl (C=O) groups is 2. The van der Waals surface area contributed by atoms with E-state index in [0.29, 0.717) is 16.3 Å². The molecule has 2 aromatic rings. The van der Waals surface area contributed by atoms with Crippen LogP contribution in [0.25, 0.3) is 0 Å². The molecule has 9 heteroatoms. The molecule has 1 aliphatic heterocycles. The third kappa shape index (κ3) is 4.12. The van der Waals surface area contributed by atoms with Crippen LogP contribution in [0.2, 0.25) is 5.02 Å². The van der Waals surface area contributed by atoms with Crippen LogP contribution in [0, 0.1) is 6.92 Å². The quantitative estimate of drug-likeness (QED) is 0.834. The van der Waals surface area contributed by atoms with Crippen LogP contribution in [0.15, 0.2) is 18.2 Å². The molecule has 0 unspecified atom stereocenters. The summed E-state index contributed by atoms with van der Waals surface area (Å²) in [7, 11) is 3.29. The Bertz CT molecular complexity index is 858. The second-order valence-electron chi connectivity index (χ2n) is 6.80. The minimum atomic E-state index is -0.363. The molecule has 2 amide bonds. The van der Waals surface area contributed by atoms with Crippen LogP contribution < -0.4 is 10.6 Å². The zero-order valence-electron chi connectivity index (χ0n) is 15.6. The van der Waals surface area contributed by atoms with Crippen molar-refractivity contribution in [1.82, 2.24) is 25.2 Å². The van der Waals surface area contributed by atoms with Gasteiger partial charge in [-0.15, -0.1) is 5.10 Å².